The minimum absolute atomic E-state index is 0.0824. The van der Waals surface area contributed by atoms with Crippen molar-refractivity contribution in [2.24, 2.45) is 0 Å². The summed E-state index contributed by atoms with van der Waals surface area (Å²) >= 11 is 0. The molecule has 0 aliphatic carbocycles. The van der Waals surface area contributed by atoms with Gasteiger partial charge >= 0.3 is 0 Å². The van der Waals surface area contributed by atoms with Crippen molar-refractivity contribution in [2.75, 3.05) is 11.9 Å². The summed E-state index contributed by atoms with van der Waals surface area (Å²) in [5.41, 5.74) is 0.461. The lowest BCUT2D eigenvalue weighted by Gasteiger charge is -2.23. The molecule has 1 aliphatic heterocycles. The summed E-state index contributed by atoms with van der Waals surface area (Å²) in [5, 5.41) is 2.66. The first-order valence-electron chi connectivity index (χ1n) is 7.09. The highest BCUT2D eigenvalue weighted by Crippen LogP contribution is 2.31. The number of fused-ring (bicyclic) bond motifs is 1. The van der Waals surface area contributed by atoms with Crippen LogP contribution in [0.5, 0.6) is 5.75 Å². The van der Waals surface area contributed by atoms with E-state index in [1.165, 1.54) is 18.2 Å². The molecule has 122 valence electrons. The zero-order valence-electron chi connectivity index (χ0n) is 12.4. The Morgan fingerprint density at radius 1 is 1.30 bits per heavy atom. The highest BCUT2D eigenvalue weighted by molar-refractivity contribution is 7.89. The number of rotatable bonds is 5. The van der Waals surface area contributed by atoms with Gasteiger partial charge in [-0.25, -0.2) is 13.1 Å². The quantitative estimate of drug-likeness (QED) is 0.863. The van der Waals surface area contributed by atoms with Gasteiger partial charge in [-0.05, 0) is 31.2 Å². The lowest BCUT2D eigenvalue weighted by Crippen LogP contribution is -2.34. The fraction of sp³-hybridized carbons (Fsp3) is 0.267. The van der Waals surface area contributed by atoms with Crippen LogP contribution in [0.1, 0.15) is 12.7 Å². The molecule has 0 fully saturated rings. The first kappa shape index (κ1) is 15.6. The molecule has 3 rings (SSSR count). The molecule has 0 radical (unpaired) electrons. The molecule has 2 heterocycles. The van der Waals surface area contributed by atoms with Gasteiger partial charge in [0.1, 0.15) is 11.5 Å². The number of hydrogen-bond acceptors (Lipinski definition) is 5. The van der Waals surface area contributed by atoms with Gasteiger partial charge in [-0.15, -0.1) is 0 Å². The van der Waals surface area contributed by atoms with Crippen LogP contribution < -0.4 is 14.8 Å². The van der Waals surface area contributed by atoms with E-state index in [0.717, 1.165) is 0 Å². The van der Waals surface area contributed by atoms with E-state index in [9.17, 15) is 13.2 Å². The molecule has 0 spiro atoms. The van der Waals surface area contributed by atoms with Gasteiger partial charge in [-0.3, -0.25) is 4.79 Å². The summed E-state index contributed by atoms with van der Waals surface area (Å²) < 4.78 is 37.7. The van der Waals surface area contributed by atoms with E-state index in [0.29, 0.717) is 23.6 Å². The lowest BCUT2D eigenvalue weighted by atomic mass is 10.2. The molecule has 1 aliphatic rings. The van der Waals surface area contributed by atoms with Crippen molar-refractivity contribution in [3.05, 3.63) is 42.4 Å². The smallest absolute Gasteiger partial charge is 0.265 e. The van der Waals surface area contributed by atoms with Crippen LogP contribution >= 0.6 is 0 Å². The number of ether oxygens (including phenoxy) is 1. The molecule has 8 heteroatoms. The van der Waals surface area contributed by atoms with Crippen LogP contribution in [-0.4, -0.2) is 27.0 Å². The third kappa shape index (κ3) is 3.38. The van der Waals surface area contributed by atoms with Gasteiger partial charge in [-0.2, -0.15) is 0 Å². The molecule has 1 aromatic heterocycles. The lowest BCUT2D eigenvalue weighted by molar-refractivity contribution is -0.122. The van der Waals surface area contributed by atoms with Gasteiger partial charge in [0.25, 0.3) is 5.91 Å². The fourth-order valence-electron chi connectivity index (χ4n) is 2.20. The minimum Gasteiger partial charge on any atom is -0.479 e. The van der Waals surface area contributed by atoms with Gasteiger partial charge < -0.3 is 14.5 Å². The topological polar surface area (TPSA) is 97.6 Å². The first-order chi connectivity index (χ1) is 11.0. The Morgan fingerprint density at radius 3 is 2.87 bits per heavy atom. The van der Waals surface area contributed by atoms with Crippen LogP contribution in [0.4, 0.5) is 5.69 Å². The second kappa shape index (κ2) is 6.05. The van der Waals surface area contributed by atoms with Crippen molar-refractivity contribution in [3.8, 4) is 5.75 Å². The summed E-state index contributed by atoms with van der Waals surface area (Å²) in [6, 6.07) is 7.87. The zero-order chi connectivity index (χ0) is 16.4. The van der Waals surface area contributed by atoms with Crippen LogP contribution in [0.25, 0.3) is 0 Å². The normalized spacial score (nSPS) is 17.3. The van der Waals surface area contributed by atoms with Gasteiger partial charge in [0.2, 0.25) is 10.0 Å². The third-order valence-corrected chi connectivity index (χ3v) is 4.90. The number of carbonyl (C=O) groups is 1. The maximum atomic E-state index is 12.3. The molecule has 1 atom stereocenters. The average molecular weight is 336 g/mol. The maximum Gasteiger partial charge on any atom is 0.265 e. The maximum absolute atomic E-state index is 12.3. The van der Waals surface area contributed by atoms with E-state index in [4.69, 9.17) is 9.15 Å². The first-order valence-corrected chi connectivity index (χ1v) is 8.58. The second-order valence-electron chi connectivity index (χ2n) is 5.13. The van der Waals surface area contributed by atoms with E-state index in [2.05, 4.69) is 10.0 Å². The molecule has 0 saturated heterocycles. The Hall–Kier alpha value is -2.32. The largest absolute Gasteiger partial charge is 0.479 e. The number of anilines is 1. The minimum atomic E-state index is -3.66. The van der Waals surface area contributed by atoms with Crippen molar-refractivity contribution in [3.63, 3.8) is 0 Å². The summed E-state index contributed by atoms with van der Waals surface area (Å²) in [6.07, 6.45) is 1.34. The number of nitrogens with one attached hydrogen (secondary N) is 2. The van der Waals surface area contributed by atoms with Crippen LogP contribution in [0.3, 0.4) is 0 Å². The van der Waals surface area contributed by atoms with Crippen LogP contribution in [0.2, 0.25) is 0 Å². The molecule has 2 aromatic rings. The number of sulfonamides is 1. The predicted molar refractivity (Wildman–Crippen MR) is 82.8 cm³/mol. The monoisotopic (exact) mass is 336 g/mol. The van der Waals surface area contributed by atoms with Crippen LogP contribution in [0.15, 0.2) is 45.9 Å². The Kier molecular flexibility index (Phi) is 4.10. The zero-order valence-corrected chi connectivity index (χ0v) is 13.2. The van der Waals surface area contributed by atoms with Gasteiger partial charge in [0, 0.05) is 19.0 Å². The molecular formula is C15H16N2O5S. The highest BCUT2D eigenvalue weighted by Gasteiger charge is 2.25. The molecule has 2 N–H and O–H groups in total. The Bertz CT molecular complexity index is 814. The number of hydrogen-bond donors (Lipinski definition) is 2. The van der Waals surface area contributed by atoms with Crippen LogP contribution in [-0.2, 0) is 21.2 Å². The van der Waals surface area contributed by atoms with E-state index < -0.39 is 16.1 Å². The molecular weight excluding hydrogens is 320 g/mol. The summed E-state index contributed by atoms with van der Waals surface area (Å²) in [7, 11) is -3.66. The molecule has 0 bridgehead atoms. The summed E-state index contributed by atoms with van der Waals surface area (Å²) in [5.74, 6) is 0.786. The molecule has 23 heavy (non-hydrogen) atoms. The van der Waals surface area contributed by atoms with E-state index in [1.807, 2.05) is 0 Å². The van der Waals surface area contributed by atoms with Crippen molar-refractivity contribution in [1.82, 2.24) is 4.72 Å². The number of benzene rings is 1. The van der Waals surface area contributed by atoms with Crippen molar-refractivity contribution in [1.29, 1.82) is 0 Å². The van der Waals surface area contributed by atoms with Crippen molar-refractivity contribution in [2.45, 2.75) is 24.3 Å². The number of furan rings is 1. The third-order valence-electron chi connectivity index (χ3n) is 3.44. The van der Waals surface area contributed by atoms with Crippen LogP contribution in [0, 0.1) is 0 Å². The van der Waals surface area contributed by atoms with E-state index in [1.54, 1.807) is 25.3 Å². The SMILES string of the molecule is C[C@H]1Oc2cc(S(=O)(=O)NCCc3ccco3)ccc2NC1=O. The Morgan fingerprint density at radius 2 is 2.13 bits per heavy atom. The van der Waals surface area contributed by atoms with Gasteiger partial charge in [-0.1, -0.05) is 0 Å². The number of amides is 1. The standard InChI is InChI=1S/C15H16N2O5S/c1-10-15(18)17-13-5-4-12(9-14(13)22-10)23(19,20)16-7-6-11-3-2-8-21-11/h2-5,8-10,16H,6-7H2,1H3,(H,17,18)/t10-/m1/s1. The highest BCUT2D eigenvalue weighted by atomic mass is 32.2. The summed E-state index contributed by atoms with van der Waals surface area (Å²) in [4.78, 5) is 11.6. The average Bonchev–Trinajstić information content (AvgIpc) is 3.01. The molecule has 0 unspecified atom stereocenters. The fourth-order valence-corrected chi connectivity index (χ4v) is 3.24. The van der Waals surface area contributed by atoms with Crippen molar-refractivity contribution >= 4 is 21.6 Å². The van der Waals surface area contributed by atoms with E-state index in [-0.39, 0.29) is 17.3 Å². The molecule has 1 amide bonds. The van der Waals surface area contributed by atoms with Gasteiger partial charge in [0.05, 0.1) is 16.8 Å². The summed E-state index contributed by atoms with van der Waals surface area (Å²) in [6.45, 7) is 1.82. The predicted octanol–water partition coefficient (Wildman–Crippen LogP) is 1.52. The molecule has 7 nitrogen and oxygen atoms in total. The second-order valence-corrected chi connectivity index (χ2v) is 6.90. The van der Waals surface area contributed by atoms with Crippen molar-refractivity contribution < 1.29 is 22.4 Å². The Balaban J connectivity index is 1.72. The number of carbonyl (C=O) groups excluding carboxylic acids is 1. The molecule has 1 aromatic carbocycles. The Labute approximate surface area is 133 Å². The van der Waals surface area contributed by atoms with E-state index >= 15 is 0 Å². The van der Waals surface area contributed by atoms with Gasteiger partial charge in [0.15, 0.2) is 6.10 Å². The molecule has 0 saturated carbocycles.